The first-order valence-corrected chi connectivity index (χ1v) is 10.0. The van der Waals surface area contributed by atoms with Crippen LogP contribution >= 0.6 is 0 Å². The Bertz CT molecular complexity index is 703. The van der Waals surface area contributed by atoms with Crippen LogP contribution in [0, 0.1) is 16.0 Å². The lowest BCUT2D eigenvalue weighted by Gasteiger charge is -2.26. The summed E-state index contributed by atoms with van der Waals surface area (Å²) in [5.74, 6) is 0.578. The summed E-state index contributed by atoms with van der Waals surface area (Å²) in [4.78, 5) is 13.1. The van der Waals surface area contributed by atoms with Crippen LogP contribution in [0.2, 0.25) is 0 Å². The molecule has 8 heteroatoms. The van der Waals surface area contributed by atoms with Gasteiger partial charge in [-0.2, -0.15) is 0 Å². The predicted molar refractivity (Wildman–Crippen MR) is 94.1 cm³/mol. The molecule has 24 heavy (non-hydrogen) atoms. The largest absolute Gasteiger partial charge is 0.378 e. The monoisotopic (exact) mass is 355 g/mol. The van der Waals surface area contributed by atoms with Gasteiger partial charge < -0.3 is 5.32 Å². The number of anilines is 1. The average molecular weight is 355 g/mol. The van der Waals surface area contributed by atoms with Crippen LogP contribution in [0.25, 0.3) is 0 Å². The molecule has 1 heterocycles. The summed E-state index contributed by atoms with van der Waals surface area (Å²) in [5.41, 5.74) is 0.162. The fraction of sp³-hybridized carbons (Fsp3) is 0.625. The van der Waals surface area contributed by atoms with E-state index in [1.54, 1.807) is 0 Å². The summed E-state index contributed by atoms with van der Waals surface area (Å²) in [6.07, 6.45) is 3.24. The highest BCUT2D eigenvalue weighted by atomic mass is 32.2. The Morgan fingerprint density at radius 2 is 2.12 bits per heavy atom. The van der Waals surface area contributed by atoms with Crippen molar-refractivity contribution in [1.29, 1.82) is 0 Å². The van der Waals surface area contributed by atoms with E-state index in [2.05, 4.69) is 24.1 Å². The molecule has 1 aliphatic rings. The molecule has 1 atom stereocenters. The van der Waals surface area contributed by atoms with Gasteiger partial charge in [-0.25, -0.2) is 8.42 Å². The summed E-state index contributed by atoms with van der Waals surface area (Å²) in [6.45, 7) is 7.04. The highest BCUT2D eigenvalue weighted by Crippen LogP contribution is 2.28. The van der Waals surface area contributed by atoms with Gasteiger partial charge in [-0.05, 0) is 37.4 Å². The van der Waals surface area contributed by atoms with E-state index in [0.717, 1.165) is 38.3 Å². The van der Waals surface area contributed by atoms with Gasteiger partial charge in [0.05, 0.1) is 9.82 Å². The Kier molecular flexibility index (Phi) is 5.82. The second-order valence-corrected chi connectivity index (χ2v) is 8.79. The Balaban J connectivity index is 2.13. The molecule has 1 fully saturated rings. The van der Waals surface area contributed by atoms with Crippen molar-refractivity contribution in [3.05, 3.63) is 28.3 Å². The Morgan fingerprint density at radius 3 is 2.71 bits per heavy atom. The van der Waals surface area contributed by atoms with Gasteiger partial charge in [0.2, 0.25) is 0 Å². The smallest absolute Gasteiger partial charge is 0.293 e. The number of rotatable bonds is 7. The highest BCUT2D eigenvalue weighted by Gasteiger charge is 2.26. The third-order valence-corrected chi connectivity index (χ3v) is 5.33. The van der Waals surface area contributed by atoms with Crippen molar-refractivity contribution in [2.24, 2.45) is 5.92 Å². The molecule has 0 radical (unpaired) electrons. The molecule has 1 aromatic carbocycles. The molecule has 0 bridgehead atoms. The molecule has 7 nitrogen and oxygen atoms in total. The number of hydrogen-bond acceptors (Lipinski definition) is 6. The van der Waals surface area contributed by atoms with Crippen molar-refractivity contribution in [2.75, 3.05) is 31.2 Å². The molecule has 0 amide bonds. The summed E-state index contributed by atoms with van der Waals surface area (Å²) >= 11 is 0. The molecule has 0 saturated carbocycles. The molecule has 2 rings (SSSR count). The zero-order valence-corrected chi connectivity index (χ0v) is 15.2. The number of nitrogens with zero attached hydrogens (tertiary/aromatic N) is 2. The minimum Gasteiger partial charge on any atom is -0.378 e. The van der Waals surface area contributed by atoms with Crippen LogP contribution in [0.3, 0.4) is 0 Å². The fourth-order valence-corrected chi connectivity index (χ4v) is 3.75. The summed E-state index contributed by atoms with van der Waals surface area (Å²) in [5, 5.41) is 14.4. The molecule has 0 aliphatic carbocycles. The molecule has 1 saturated heterocycles. The van der Waals surface area contributed by atoms with E-state index >= 15 is 0 Å². The van der Waals surface area contributed by atoms with Crippen molar-refractivity contribution in [1.82, 2.24) is 4.90 Å². The maximum absolute atomic E-state index is 11.6. The number of benzene rings is 1. The molecule has 1 aliphatic heterocycles. The van der Waals surface area contributed by atoms with Gasteiger partial charge in [0.25, 0.3) is 5.69 Å². The number of likely N-dealkylation sites (tertiary alicyclic amines) is 1. The number of nitro groups is 1. The number of sulfone groups is 1. The Labute approximate surface area is 143 Å². The SMILES string of the molecule is CC(C)CN1CCC[C@@H]1CNc1ccc(S(C)(=O)=O)cc1[N+](=O)[O-]. The zero-order chi connectivity index (χ0) is 17.9. The van der Waals surface area contributed by atoms with Crippen molar-refractivity contribution in [2.45, 2.75) is 37.6 Å². The summed E-state index contributed by atoms with van der Waals surface area (Å²) in [7, 11) is -3.47. The molecular formula is C16H25N3O4S. The fourth-order valence-electron chi connectivity index (χ4n) is 3.11. The highest BCUT2D eigenvalue weighted by molar-refractivity contribution is 7.90. The van der Waals surface area contributed by atoms with Crippen molar-refractivity contribution < 1.29 is 13.3 Å². The molecule has 134 valence electrons. The lowest BCUT2D eigenvalue weighted by atomic mass is 10.1. The molecule has 0 aromatic heterocycles. The quantitative estimate of drug-likeness (QED) is 0.597. The molecular weight excluding hydrogens is 330 g/mol. The van der Waals surface area contributed by atoms with Crippen molar-refractivity contribution in [3.8, 4) is 0 Å². The maximum atomic E-state index is 11.6. The Hall–Kier alpha value is -1.67. The van der Waals surface area contributed by atoms with Crippen molar-refractivity contribution >= 4 is 21.2 Å². The zero-order valence-electron chi connectivity index (χ0n) is 14.4. The van der Waals surface area contributed by atoms with E-state index < -0.39 is 14.8 Å². The van der Waals surface area contributed by atoms with Crippen LogP contribution < -0.4 is 5.32 Å². The van der Waals surface area contributed by atoms with Crippen LogP contribution in [0.4, 0.5) is 11.4 Å². The third-order valence-electron chi connectivity index (χ3n) is 4.22. The van der Waals surface area contributed by atoms with Gasteiger partial charge >= 0.3 is 0 Å². The van der Waals surface area contributed by atoms with Gasteiger partial charge in [-0.15, -0.1) is 0 Å². The van der Waals surface area contributed by atoms with Crippen molar-refractivity contribution in [3.63, 3.8) is 0 Å². The van der Waals surface area contributed by atoms with Crippen LogP contribution in [-0.2, 0) is 9.84 Å². The first kappa shape index (κ1) is 18.7. The van der Waals surface area contributed by atoms with E-state index in [1.165, 1.54) is 12.1 Å². The van der Waals surface area contributed by atoms with Gasteiger partial charge in [0, 0.05) is 31.5 Å². The minimum atomic E-state index is -3.47. The van der Waals surface area contributed by atoms with E-state index in [9.17, 15) is 18.5 Å². The Morgan fingerprint density at radius 1 is 1.42 bits per heavy atom. The van der Waals surface area contributed by atoms with Gasteiger partial charge in [-0.3, -0.25) is 15.0 Å². The average Bonchev–Trinajstić information content (AvgIpc) is 2.90. The van der Waals surface area contributed by atoms with Crippen LogP contribution in [0.5, 0.6) is 0 Å². The van der Waals surface area contributed by atoms with Gasteiger partial charge in [-0.1, -0.05) is 13.8 Å². The van der Waals surface area contributed by atoms with Gasteiger partial charge in [0.1, 0.15) is 5.69 Å². The molecule has 0 spiro atoms. The first-order valence-electron chi connectivity index (χ1n) is 8.15. The topological polar surface area (TPSA) is 92.6 Å². The third kappa shape index (κ3) is 4.67. The maximum Gasteiger partial charge on any atom is 0.293 e. The standard InChI is InChI=1S/C16H25N3O4S/c1-12(2)11-18-8-4-5-13(18)10-17-15-7-6-14(24(3,22)23)9-16(15)19(20)21/h6-7,9,12-13,17H,4-5,8,10-11H2,1-3H3/t13-/m1/s1. The number of nitrogens with one attached hydrogen (secondary N) is 1. The molecule has 1 aromatic rings. The second kappa shape index (κ2) is 7.48. The second-order valence-electron chi connectivity index (χ2n) is 6.77. The van der Waals surface area contributed by atoms with Crippen LogP contribution in [0.15, 0.2) is 23.1 Å². The lowest BCUT2D eigenvalue weighted by Crippen LogP contribution is -2.37. The molecule has 1 N–H and O–H groups in total. The summed E-state index contributed by atoms with van der Waals surface area (Å²) < 4.78 is 23.2. The van der Waals surface area contributed by atoms with Crippen LogP contribution in [-0.4, -0.2) is 50.2 Å². The van der Waals surface area contributed by atoms with E-state index in [0.29, 0.717) is 24.2 Å². The molecule has 0 unspecified atom stereocenters. The number of nitro benzene ring substituents is 1. The van der Waals surface area contributed by atoms with Gasteiger partial charge in [0.15, 0.2) is 9.84 Å². The lowest BCUT2D eigenvalue weighted by molar-refractivity contribution is -0.384. The summed E-state index contributed by atoms with van der Waals surface area (Å²) in [6, 6.07) is 4.36. The van der Waals surface area contributed by atoms with E-state index in [-0.39, 0.29) is 10.6 Å². The normalized spacial score (nSPS) is 18.9. The predicted octanol–water partition coefficient (Wildman–Crippen LogP) is 2.53. The van der Waals surface area contributed by atoms with E-state index in [1.807, 2.05) is 0 Å². The minimum absolute atomic E-state index is 0.0398. The number of hydrogen-bond donors (Lipinski definition) is 1. The van der Waals surface area contributed by atoms with E-state index in [4.69, 9.17) is 0 Å². The van der Waals surface area contributed by atoms with Crippen LogP contribution in [0.1, 0.15) is 26.7 Å². The first-order chi connectivity index (χ1) is 11.2.